The Hall–Kier alpha value is -1.26. The summed E-state index contributed by atoms with van der Waals surface area (Å²) in [5.41, 5.74) is 0. The third kappa shape index (κ3) is 5.56. The fourth-order valence-electron chi connectivity index (χ4n) is 1.26. The van der Waals surface area contributed by atoms with E-state index in [1.54, 1.807) is 13.8 Å². The number of rotatable bonds is 10. The van der Waals surface area contributed by atoms with Gasteiger partial charge in [-0.2, -0.15) is 13.8 Å². The van der Waals surface area contributed by atoms with E-state index in [9.17, 15) is 17.6 Å². The number of halogens is 4. The predicted octanol–water partition coefficient (Wildman–Crippen LogP) is 2.56. The highest BCUT2D eigenvalue weighted by atomic mass is 19.3. The number of aromatic nitrogens is 2. The van der Waals surface area contributed by atoms with Crippen molar-refractivity contribution >= 4 is 0 Å². The van der Waals surface area contributed by atoms with Gasteiger partial charge in [-0.15, -0.1) is 0 Å². The Morgan fingerprint density at radius 1 is 1.19 bits per heavy atom. The van der Waals surface area contributed by atoms with Crippen molar-refractivity contribution in [3.8, 4) is 0 Å². The van der Waals surface area contributed by atoms with Crippen LogP contribution in [0.2, 0.25) is 0 Å². The standard InChI is InChI=1S/C11H16F4N2O4/c1-3-19-9(20-4-2)8-16-7(17-21-8)5-18-6-11(14,15)10(12)13/h9-10H,3-6H2,1-2H3. The lowest BCUT2D eigenvalue weighted by atomic mass is 10.4. The topological polar surface area (TPSA) is 66.6 Å². The zero-order valence-electron chi connectivity index (χ0n) is 11.5. The molecule has 0 atom stereocenters. The third-order valence-corrected chi connectivity index (χ3v) is 2.17. The maximum atomic E-state index is 12.6. The summed E-state index contributed by atoms with van der Waals surface area (Å²) in [5, 5.41) is 3.46. The van der Waals surface area contributed by atoms with Crippen molar-refractivity contribution in [3.63, 3.8) is 0 Å². The molecule has 1 rings (SSSR count). The average molecular weight is 316 g/mol. The first-order valence-electron chi connectivity index (χ1n) is 6.20. The number of ether oxygens (including phenoxy) is 3. The minimum absolute atomic E-state index is 0.00193. The largest absolute Gasteiger partial charge is 0.367 e. The molecule has 6 nitrogen and oxygen atoms in total. The van der Waals surface area contributed by atoms with Crippen molar-refractivity contribution in [2.45, 2.75) is 39.1 Å². The van der Waals surface area contributed by atoms with E-state index in [1.807, 2.05) is 0 Å². The first kappa shape index (κ1) is 17.8. The summed E-state index contributed by atoms with van der Waals surface area (Å²) in [4.78, 5) is 3.83. The third-order valence-electron chi connectivity index (χ3n) is 2.17. The van der Waals surface area contributed by atoms with E-state index in [2.05, 4.69) is 14.9 Å². The molecule has 0 spiro atoms. The molecule has 0 fully saturated rings. The van der Waals surface area contributed by atoms with Crippen molar-refractivity contribution in [2.75, 3.05) is 19.8 Å². The molecule has 122 valence electrons. The Kier molecular flexibility index (Phi) is 6.99. The van der Waals surface area contributed by atoms with Crippen LogP contribution >= 0.6 is 0 Å². The molecule has 0 aliphatic rings. The first-order chi connectivity index (χ1) is 9.90. The van der Waals surface area contributed by atoms with Gasteiger partial charge >= 0.3 is 12.3 Å². The molecule has 0 aliphatic heterocycles. The Morgan fingerprint density at radius 3 is 2.33 bits per heavy atom. The summed E-state index contributed by atoms with van der Waals surface area (Å²) in [5.74, 6) is -4.29. The molecule has 1 aromatic heterocycles. The SMILES string of the molecule is CCOC(OCC)c1nc(COCC(F)(F)C(F)F)no1. The van der Waals surface area contributed by atoms with E-state index in [4.69, 9.17) is 14.0 Å². The van der Waals surface area contributed by atoms with Gasteiger partial charge in [0.05, 0.1) is 0 Å². The van der Waals surface area contributed by atoms with Gasteiger partial charge in [-0.05, 0) is 13.8 Å². The van der Waals surface area contributed by atoms with Gasteiger partial charge in [0.25, 0.3) is 5.89 Å². The molecule has 1 aromatic rings. The zero-order chi connectivity index (χ0) is 15.9. The van der Waals surface area contributed by atoms with Crippen molar-refractivity contribution < 1.29 is 36.3 Å². The van der Waals surface area contributed by atoms with E-state index in [1.165, 1.54) is 0 Å². The van der Waals surface area contributed by atoms with Crippen LogP contribution in [-0.2, 0) is 20.8 Å². The normalized spacial score (nSPS) is 12.6. The lowest BCUT2D eigenvalue weighted by molar-refractivity contribution is -0.168. The van der Waals surface area contributed by atoms with Crippen LogP contribution in [0.1, 0.15) is 31.9 Å². The van der Waals surface area contributed by atoms with E-state index >= 15 is 0 Å². The molecular formula is C11H16F4N2O4. The molecule has 21 heavy (non-hydrogen) atoms. The van der Waals surface area contributed by atoms with E-state index in [0.717, 1.165) is 0 Å². The average Bonchev–Trinajstić information content (AvgIpc) is 2.87. The van der Waals surface area contributed by atoms with Crippen molar-refractivity contribution in [1.29, 1.82) is 0 Å². The van der Waals surface area contributed by atoms with E-state index in [-0.39, 0.29) is 11.7 Å². The van der Waals surface area contributed by atoms with Crippen LogP contribution in [0.3, 0.4) is 0 Å². The Morgan fingerprint density at radius 2 is 1.81 bits per heavy atom. The summed E-state index contributed by atoms with van der Waals surface area (Å²) in [7, 11) is 0. The van der Waals surface area contributed by atoms with Crippen LogP contribution in [-0.4, -0.2) is 42.3 Å². The van der Waals surface area contributed by atoms with Crippen LogP contribution in [0.15, 0.2) is 4.52 Å². The van der Waals surface area contributed by atoms with E-state index < -0.39 is 31.9 Å². The second-order valence-electron chi connectivity index (χ2n) is 3.85. The van der Waals surface area contributed by atoms with Crippen LogP contribution in [0.4, 0.5) is 17.6 Å². The van der Waals surface area contributed by atoms with Crippen LogP contribution in [0.5, 0.6) is 0 Å². The summed E-state index contributed by atoms with van der Waals surface area (Å²) in [6.45, 7) is 2.21. The maximum Gasteiger partial charge on any atom is 0.330 e. The molecule has 0 bridgehead atoms. The maximum absolute atomic E-state index is 12.6. The second-order valence-corrected chi connectivity index (χ2v) is 3.85. The van der Waals surface area contributed by atoms with Crippen molar-refractivity contribution in [1.82, 2.24) is 10.1 Å². The van der Waals surface area contributed by atoms with Gasteiger partial charge in [0.2, 0.25) is 6.29 Å². The molecule has 0 saturated carbocycles. The molecular weight excluding hydrogens is 300 g/mol. The Labute approximate surface area is 118 Å². The summed E-state index contributed by atoms with van der Waals surface area (Å²) in [6.07, 6.45) is -4.66. The molecule has 0 saturated heterocycles. The molecule has 0 N–H and O–H groups in total. The number of alkyl halides is 4. The monoisotopic (exact) mass is 316 g/mol. The highest BCUT2D eigenvalue weighted by molar-refractivity contribution is 4.86. The second kappa shape index (κ2) is 8.25. The van der Waals surface area contributed by atoms with Gasteiger partial charge in [0.1, 0.15) is 13.2 Å². The first-order valence-corrected chi connectivity index (χ1v) is 6.20. The number of hydrogen-bond donors (Lipinski definition) is 0. The fraction of sp³-hybridized carbons (Fsp3) is 0.818. The molecule has 1 heterocycles. The molecule has 0 aromatic carbocycles. The van der Waals surface area contributed by atoms with Crippen molar-refractivity contribution in [2.24, 2.45) is 0 Å². The molecule has 0 amide bonds. The van der Waals surface area contributed by atoms with Gasteiger partial charge < -0.3 is 18.7 Å². The van der Waals surface area contributed by atoms with Crippen LogP contribution < -0.4 is 0 Å². The van der Waals surface area contributed by atoms with E-state index in [0.29, 0.717) is 13.2 Å². The minimum Gasteiger partial charge on any atom is -0.367 e. The highest BCUT2D eigenvalue weighted by Gasteiger charge is 2.41. The number of hydrogen-bond acceptors (Lipinski definition) is 6. The summed E-state index contributed by atoms with van der Waals surface area (Å²) in [6, 6.07) is 0. The Balaban J connectivity index is 2.51. The smallest absolute Gasteiger partial charge is 0.330 e. The fourth-order valence-corrected chi connectivity index (χ4v) is 1.26. The Bertz CT molecular complexity index is 411. The van der Waals surface area contributed by atoms with Gasteiger partial charge in [-0.3, -0.25) is 0 Å². The molecule has 0 aliphatic carbocycles. The van der Waals surface area contributed by atoms with Gasteiger partial charge in [-0.25, -0.2) is 8.78 Å². The van der Waals surface area contributed by atoms with Gasteiger partial charge in [-0.1, -0.05) is 5.16 Å². The molecule has 0 unspecified atom stereocenters. The summed E-state index contributed by atoms with van der Waals surface area (Å²) < 4.78 is 68.7. The molecule has 0 radical (unpaired) electrons. The highest BCUT2D eigenvalue weighted by Crippen LogP contribution is 2.23. The lowest BCUT2D eigenvalue weighted by Crippen LogP contribution is -2.32. The number of nitrogens with zero attached hydrogens (tertiary/aromatic N) is 2. The predicted molar refractivity (Wildman–Crippen MR) is 60.9 cm³/mol. The quantitative estimate of drug-likeness (QED) is 0.488. The summed E-state index contributed by atoms with van der Waals surface area (Å²) >= 11 is 0. The zero-order valence-corrected chi connectivity index (χ0v) is 11.5. The lowest BCUT2D eigenvalue weighted by Gasteiger charge is -2.14. The molecule has 10 heteroatoms. The van der Waals surface area contributed by atoms with Crippen LogP contribution in [0, 0.1) is 0 Å². The van der Waals surface area contributed by atoms with Crippen LogP contribution in [0.25, 0.3) is 0 Å². The van der Waals surface area contributed by atoms with Gasteiger partial charge in [0.15, 0.2) is 5.82 Å². The minimum atomic E-state index is -4.22. The van der Waals surface area contributed by atoms with Gasteiger partial charge in [0, 0.05) is 13.2 Å². The van der Waals surface area contributed by atoms with Crippen molar-refractivity contribution in [3.05, 3.63) is 11.7 Å².